The normalized spacial score (nSPS) is 17.9. The van der Waals surface area contributed by atoms with E-state index in [1.165, 1.54) is 6.07 Å². The Balaban J connectivity index is 1.84. The topological polar surface area (TPSA) is 108 Å². The molecule has 0 aliphatic carbocycles. The average molecular weight is 524 g/mol. The van der Waals surface area contributed by atoms with E-state index < -0.39 is 46.4 Å². The number of ether oxygens (including phenoxy) is 1. The van der Waals surface area contributed by atoms with E-state index >= 15 is 0 Å². The maximum Gasteiger partial charge on any atom is 0.417 e. The first-order valence-electron chi connectivity index (χ1n) is 9.94. The number of carbonyl (C=O) groups excluding carboxylic acids is 3. The van der Waals surface area contributed by atoms with Crippen LogP contribution < -0.4 is 10.6 Å². The number of thioether (sulfide) groups is 1. The van der Waals surface area contributed by atoms with E-state index in [2.05, 4.69) is 10.6 Å². The van der Waals surface area contributed by atoms with E-state index in [-0.39, 0.29) is 22.0 Å². The van der Waals surface area contributed by atoms with Crippen LogP contribution in [0.1, 0.15) is 17.0 Å². The van der Waals surface area contributed by atoms with Gasteiger partial charge in [0.2, 0.25) is 11.8 Å². The number of rotatable bonds is 6. The van der Waals surface area contributed by atoms with E-state index in [1.54, 1.807) is 30.3 Å². The molecule has 1 aliphatic heterocycles. The first kappa shape index (κ1) is 26.1. The van der Waals surface area contributed by atoms with Gasteiger partial charge in [0.1, 0.15) is 5.92 Å². The lowest BCUT2D eigenvalue weighted by molar-refractivity contribution is -0.150. The van der Waals surface area contributed by atoms with Crippen molar-refractivity contribution in [1.82, 2.24) is 5.32 Å². The SMILES string of the molecule is COC(=O)[C@@H]1C(=O)NC(SCC(=O)Nc2ccc(Cl)c(C(F)(F)F)c2)=C(C#N)[C@H]1c1ccccc1. The Morgan fingerprint density at radius 3 is 2.51 bits per heavy atom. The fourth-order valence-corrected chi connectivity index (χ4v) is 4.57. The van der Waals surface area contributed by atoms with E-state index in [4.69, 9.17) is 16.3 Å². The van der Waals surface area contributed by atoms with E-state index in [1.807, 2.05) is 6.07 Å². The smallest absolute Gasteiger partial charge is 0.417 e. The Morgan fingerprint density at radius 2 is 1.91 bits per heavy atom. The number of amides is 2. The third-order valence-corrected chi connectivity index (χ3v) is 6.39. The minimum atomic E-state index is -4.70. The molecule has 7 nitrogen and oxygen atoms in total. The second kappa shape index (κ2) is 10.8. The monoisotopic (exact) mass is 523 g/mol. The number of nitrogens with one attached hydrogen (secondary N) is 2. The van der Waals surface area contributed by atoms with Gasteiger partial charge in [0.15, 0.2) is 0 Å². The molecule has 182 valence electrons. The van der Waals surface area contributed by atoms with Crippen LogP contribution in [0, 0.1) is 17.2 Å². The number of methoxy groups -OCH3 is 1. The van der Waals surface area contributed by atoms with Gasteiger partial charge in [-0.05, 0) is 23.8 Å². The molecule has 12 heteroatoms. The van der Waals surface area contributed by atoms with Crippen molar-refractivity contribution >= 4 is 46.8 Å². The maximum atomic E-state index is 13.1. The largest absolute Gasteiger partial charge is 0.468 e. The van der Waals surface area contributed by atoms with Gasteiger partial charge in [-0.15, -0.1) is 0 Å². The number of hydrogen-bond donors (Lipinski definition) is 2. The first-order chi connectivity index (χ1) is 16.6. The van der Waals surface area contributed by atoms with Crippen LogP contribution in [0.5, 0.6) is 0 Å². The summed E-state index contributed by atoms with van der Waals surface area (Å²) in [5.41, 5.74) is -0.645. The molecule has 0 saturated heterocycles. The van der Waals surface area contributed by atoms with Crippen molar-refractivity contribution in [2.45, 2.75) is 12.1 Å². The highest BCUT2D eigenvalue weighted by molar-refractivity contribution is 8.03. The van der Waals surface area contributed by atoms with E-state index in [0.29, 0.717) is 11.6 Å². The predicted octanol–water partition coefficient (Wildman–Crippen LogP) is 4.47. The minimum Gasteiger partial charge on any atom is -0.468 e. The number of benzene rings is 2. The summed E-state index contributed by atoms with van der Waals surface area (Å²) in [5.74, 6) is -4.82. The molecular weight excluding hydrogens is 507 g/mol. The van der Waals surface area contributed by atoms with Crippen molar-refractivity contribution in [2.75, 3.05) is 18.2 Å². The van der Waals surface area contributed by atoms with Gasteiger partial charge in [-0.2, -0.15) is 18.4 Å². The van der Waals surface area contributed by atoms with Gasteiger partial charge in [-0.3, -0.25) is 14.4 Å². The lowest BCUT2D eigenvalue weighted by Crippen LogP contribution is -2.44. The number of esters is 1. The number of alkyl halides is 3. The standard InChI is InChI=1S/C23H17ClF3N3O4S/c1-34-22(33)19-18(12-5-3-2-4-6-12)14(10-28)21(30-20(19)32)35-11-17(31)29-13-7-8-16(24)15(9-13)23(25,26)27/h2-9,18-19H,11H2,1H3,(H,29,31)(H,30,32)/t18-,19+/m1/s1. The summed E-state index contributed by atoms with van der Waals surface area (Å²) in [6.07, 6.45) is -4.70. The third-order valence-electron chi connectivity index (χ3n) is 5.05. The second-order valence-corrected chi connectivity index (χ2v) is 8.66. The van der Waals surface area contributed by atoms with Crippen LogP contribution in [0.2, 0.25) is 5.02 Å². The predicted molar refractivity (Wildman–Crippen MR) is 123 cm³/mol. The Kier molecular flexibility index (Phi) is 8.09. The molecule has 0 fully saturated rings. The number of anilines is 1. The molecule has 0 radical (unpaired) electrons. The van der Waals surface area contributed by atoms with Crippen molar-refractivity contribution in [1.29, 1.82) is 5.26 Å². The summed E-state index contributed by atoms with van der Waals surface area (Å²) in [6, 6.07) is 13.4. The average Bonchev–Trinajstić information content (AvgIpc) is 2.82. The molecule has 3 rings (SSSR count). The highest BCUT2D eigenvalue weighted by Gasteiger charge is 2.44. The molecule has 2 N–H and O–H groups in total. The van der Waals surface area contributed by atoms with Crippen molar-refractivity contribution in [3.8, 4) is 6.07 Å². The second-order valence-electron chi connectivity index (χ2n) is 7.26. The van der Waals surface area contributed by atoms with Crippen LogP contribution in [0.4, 0.5) is 18.9 Å². The van der Waals surface area contributed by atoms with Crippen molar-refractivity contribution < 1.29 is 32.3 Å². The molecule has 35 heavy (non-hydrogen) atoms. The summed E-state index contributed by atoms with van der Waals surface area (Å²) in [6.45, 7) is 0. The van der Waals surface area contributed by atoms with Crippen molar-refractivity contribution in [3.05, 3.63) is 75.3 Å². The number of halogens is 4. The lowest BCUT2D eigenvalue weighted by Gasteiger charge is -2.30. The third kappa shape index (κ3) is 5.96. The van der Waals surface area contributed by atoms with Gasteiger partial charge >= 0.3 is 12.1 Å². The lowest BCUT2D eigenvalue weighted by atomic mass is 9.78. The fourth-order valence-electron chi connectivity index (χ4n) is 3.50. The van der Waals surface area contributed by atoms with Gasteiger partial charge < -0.3 is 15.4 Å². The molecule has 0 unspecified atom stereocenters. The molecule has 0 spiro atoms. The molecule has 1 aliphatic rings. The highest BCUT2D eigenvalue weighted by Crippen LogP contribution is 2.40. The van der Waals surface area contributed by atoms with Gasteiger partial charge in [-0.25, -0.2) is 0 Å². The summed E-state index contributed by atoms with van der Waals surface area (Å²) >= 11 is 6.39. The van der Waals surface area contributed by atoms with Crippen LogP contribution in [-0.2, 0) is 25.3 Å². The zero-order valence-electron chi connectivity index (χ0n) is 18.0. The molecule has 1 heterocycles. The number of hydrogen-bond acceptors (Lipinski definition) is 6. The highest BCUT2D eigenvalue weighted by atomic mass is 35.5. The zero-order chi connectivity index (χ0) is 25.8. The van der Waals surface area contributed by atoms with Crippen LogP contribution >= 0.6 is 23.4 Å². The Bertz CT molecular complexity index is 1230. The zero-order valence-corrected chi connectivity index (χ0v) is 19.6. The molecule has 0 aromatic heterocycles. The molecular formula is C23H17ClF3N3O4S. The number of carbonyl (C=O) groups is 3. The fraction of sp³-hybridized carbons (Fsp3) is 0.217. The van der Waals surface area contributed by atoms with E-state index in [9.17, 15) is 32.8 Å². The summed E-state index contributed by atoms with van der Waals surface area (Å²) < 4.78 is 43.9. The van der Waals surface area contributed by atoms with Gasteiger partial charge in [-0.1, -0.05) is 53.7 Å². The van der Waals surface area contributed by atoms with Crippen molar-refractivity contribution in [3.63, 3.8) is 0 Å². The van der Waals surface area contributed by atoms with Gasteiger partial charge in [0, 0.05) is 11.6 Å². The van der Waals surface area contributed by atoms with Gasteiger partial charge in [0.25, 0.3) is 0 Å². The number of nitriles is 1. The van der Waals surface area contributed by atoms with Gasteiger partial charge in [0.05, 0.1) is 40.1 Å². The van der Waals surface area contributed by atoms with E-state index in [0.717, 1.165) is 24.9 Å². The van der Waals surface area contributed by atoms with Crippen LogP contribution in [0.15, 0.2) is 59.1 Å². The Hall–Kier alpha value is -3.49. The Morgan fingerprint density at radius 1 is 1.23 bits per heavy atom. The summed E-state index contributed by atoms with van der Waals surface area (Å²) in [7, 11) is 1.13. The molecule has 2 aromatic rings. The van der Waals surface area contributed by atoms with Crippen LogP contribution in [-0.4, -0.2) is 30.6 Å². The number of allylic oxidation sites excluding steroid dienone is 1. The first-order valence-corrected chi connectivity index (χ1v) is 11.3. The molecule has 2 aromatic carbocycles. The molecule has 0 bridgehead atoms. The Labute approximate surface area is 207 Å². The molecule has 0 saturated carbocycles. The quantitative estimate of drug-likeness (QED) is 0.427. The summed E-state index contributed by atoms with van der Waals surface area (Å²) in [4.78, 5) is 37.5. The van der Waals surface area contributed by atoms with Crippen LogP contribution in [0.25, 0.3) is 0 Å². The maximum absolute atomic E-state index is 13.1. The molecule has 2 amide bonds. The van der Waals surface area contributed by atoms with Crippen molar-refractivity contribution in [2.24, 2.45) is 5.92 Å². The number of nitrogens with zero attached hydrogens (tertiary/aromatic N) is 1. The summed E-state index contributed by atoms with van der Waals surface area (Å²) in [5, 5.41) is 14.2. The van der Waals surface area contributed by atoms with Crippen LogP contribution in [0.3, 0.4) is 0 Å². The minimum absolute atomic E-state index is 0.0508. The molecule has 2 atom stereocenters.